The van der Waals surface area contributed by atoms with E-state index < -0.39 is 0 Å². The maximum absolute atomic E-state index is 9.47. The van der Waals surface area contributed by atoms with Crippen LogP contribution in [0.3, 0.4) is 0 Å². The fourth-order valence-corrected chi connectivity index (χ4v) is 3.22. The second kappa shape index (κ2) is 6.97. The zero-order valence-corrected chi connectivity index (χ0v) is 16.3. The van der Waals surface area contributed by atoms with E-state index in [9.17, 15) is 5.11 Å². The van der Waals surface area contributed by atoms with Gasteiger partial charge in [0.15, 0.2) is 5.82 Å². The minimum absolute atomic E-state index is 0.115. The Hall–Kier alpha value is -3.40. The van der Waals surface area contributed by atoms with Gasteiger partial charge in [-0.25, -0.2) is 0 Å². The molecule has 1 heterocycles. The van der Waals surface area contributed by atoms with E-state index >= 15 is 0 Å². The van der Waals surface area contributed by atoms with E-state index in [1.165, 1.54) is 5.56 Å². The lowest BCUT2D eigenvalue weighted by Crippen LogP contribution is -2.10. The number of hydrogen-bond acceptors (Lipinski definition) is 4. The Morgan fingerprint density at radius 3 is 2.04 bits per heavy atom. The van der Waals surface area contributed by atoms with Gasteiger partial charge in [0.25, 0.3) is 0 Å². The average Bonchev–Trinajstić information content (AvgIpc) is 2.69. The summed E-state index contributed by atoms with van der Waals surface area (Å²) in [5, 5.41) is 23.8. The van der Waals surface area contributed by atoms with Gasteiger partial charge in [-0.05, 0) is 35.2 Å². The number of nitrogens with zero attached hydrogens (tertiary/aromatic N) is 2. The van der Waals surface area contributed by atoms with Gasteiger partial charge in [-0.3, -0.25) is 0 Å². The largest absolute Gasteiger partial charge is 0.508 e. The molecule has 0 radical (unpaired) electrons. The third kappa shape index (κ3) is 3.54. The van der Waals surface area contributed by atoms with E-state index in [0.717, 1.165) is 27.7 Å². The van der Waals surface area contributed by atoms with Crippen LogP contribution in [0.4, 0.5) is 11.5 Å². The van der Waals surface area contributed by atoms with Gasteiger partial charge < -0.3 is 10.4 Å². The van der Waals surface area contributed by atoms with Crippen molar-refractivity contribution in [3.05, 3.63) is 78.4 Å². The lowest BCUT2D eigenvalue weighted by Gasteiger charge is -2.19. The van der Waals surface area contributed by atoms with Crippen molar-refractivity contribution in [1.82, 2.24) is 10.2 Å². The Labute approximate surface area is 164 Å². The first-order valence-corrected chi connectivity index (χ1v) is 9.34. The van der Waals surface area contributed by atoms with Crippen LogP contribution in [0.1, 0.15) is 26.3 Å². The van der Waals surface area contributed by atoms with Crippen molar-refractivity contribution in [1.29, 1.82) is 0 Å². The van der Waals surface area contributed by atoms with Crippen LogP contribution in [0.15, 0.2) is 72.8 Å². The smallest absolute Gasteiger partial charge is 0.161 e. The number of nitrogens with one attached hydrogen (secondary N) is 1. The van der Waals surface area contributed by atoms with Crippen LogP contribution >= 0.6 is 0 Å². The molecule has 0 aliphatic heterocycles. The number of aromatic nitrogens is 2. The van der Waals surface area contributed by atoms with E-state index in [1.54, 1.807) is 12.1 Å². The molecule has 1 aromatic heterocycles. The SMILES string of the molecule is CC(C)(C)c1ccc(-c2nnc(Nc3ccc(O)cc3)c3ccccc23)cc1. The number of fused-ring (bicyclic) bond motifs is 1. The number of aromatic hydroxyl groups is 1. The number of phenolic OH excluding ortho intramolecular Hbond substituents is 1. The van der Waals surface area contributed by atoms with Crippen molar-refractivity contribution in [2.24, 2.45) is 0 Å². The highest BCUT2D eigenvalue weighted by Crippen LogP contribution is 2.32. The summed E-state index contributed by atoms with van der Waals surface area (Å²) in [6.07, 6.45) is 0. The molecule has 0 aliphatic carbocycles. The van der Waals surface area contributed by atoms with Gasteiger partial charge in [0.1, 0.15) is 11.4 Å². The quantitative estimate of drug-likeness (QED) is 0.432. The van der Waals surface area contributed by atoms with Gasteiger partial charge in [0.05, 0.1) is 0 Å². The summed E-state index contributed by atoms with van der Waals surface area (Å²) in [7, 11) is 0. The highest BCUT2D eigenvalue weighted by Gasteiger charge is 2.15. The van der Waals surface area contributed by atoms with Crippen molar-refractivity contribution in [3.8, 4) is 17.0 Å². The van der Waals surface area contributed by atoms with Crippen molar-refractivity contribution in [3.63, 3.8) is 0 Å². The van der Waals surface area contributed by atoms with E-state index in [4.69, 9.17) is 0 Å². The van der Waals surface area contributed by atoms with Crippen LogP contribution < -0.4 is 5.32 Å². The van der Waals surface area contributed by atoms with E-state index in [-0.39, 0.29) is 11.2 Å². The molecule has 0 saturated heterocycles. The summed E-state index contributed by atoms with van der Waals surface area (Å²) in [6, 6.07) is 23.6. The fourth-order valence-electron chi connectivity index (χ4n) is 3.22. The van der Waals surface area contributed by atoms with Gasteiger partial charge in [-0.15, -0.1) is 10.2 Å². The molecule has 0 amide bonds. The maximum atomic E-state index is 9.47. The van der Waals surface area contributed by atoms with E-state index in [0.29, 0.717) is 5.82 Å². The third-order valence-corrected chi connectivity index (χ3v) is 4.84. The van der Waals surface area contributed by atoms with Crippen molar-refractivity contribution >= 4 is 22.3 Å². The maximum Gasteiger partial charge on any atom is 0.161 e. The van der Waals surface area contributed by atoms with Crippen LogP contribution in [0, 0.1) is 0 Å². The average molecular weight is 369 g/mol. The molecule has 4 heteroatoms. The molecule has 4 rings (SSSR count). The van der Waals surface area contributed by atoms with Crippen molar-refractivity contribution < 1.29 is 5.11 Å². The molecule has 3 aromatic carbocycles. The predicted molar refractivity (Wildman–Crippen MR) is 115 cm³/mol. The summed E-state index contributed by atoms with van der Waals surface area (Å²) < 4.78 is 0. The van der Waals surface area contributed by atoms with Crippen molar-refractivity contribution in [2.75, 3.05) is 5.32 Å². The first kappa shape index (κ1) is 18.0. The molecule has 28 heavy (non-hydrogen) atoms. The van der Waals surface area contributed by atoms with Gasteiger partial charge in [0, 0.05) is 22.0 Å². The highest BCUT2D eigenvalue weighted by atomic mass is 16.3. The first-order valence-electron chi connectivity index (χ1n) is 9.34. The van der Waals surface area contributed by atoms with Gasteiger partial charge >= 0.3 is 0 Å². The third-order valence-electron chi connectivity index (χ3n) is 4.84. The molecule has 0 aliphatic rings. The number of phenols is 1. The van der Waals surface area contributed by atoms with Gasteiger partial charge in [0.2, 0.25) is 0 Å². The van der Waals surface area contributed by atoms with Gasteiger partial charge in [-0.2, -0.15) is 0 Å². The van der Waals surface area contributed by atoms with Crippen molar-refractivity contribution in [2.45, 2.75) is 26.2 Å². The Morgan fingerprint density at radius 2 is 1.39 bits per heavy atom. The highest BCUT2D eigenvalue weighted by molar-refractivity contribution is 6.00. The minimum atomic E-state index is 0.115. The van der Waals surface area contributed by atoms with Crippen LogP contribution in [0.2, 0.25) is 0 Å². The molecular formula is C24H23N3O. The monoisotopic (exact) mass is 369 g/mol. The van der Waals surface area contributed by atoms with E-state index in [1.807, 2.05) is 30.3 Å². The molecule has 4 aromatic rings. The summed E-state index contributed by atoms with van der Waals surface area (Å²) in [5.41, 5.74) is 4.17. The Bertz CT molecular complexity index is 1110. The van der Waals surface area contributed by atoms with Crippen LogP contribution in [0.5, 0.6) is 5.75 Å². The topological polar surface area (TPSA) is 58.0 Å². The molecule has 0 saturated carbocycles. The number of benzene rings is 3. The molecule has 2 N–H and O–H groups in total. The Kier molecular flexibility index (Phi) is 4.47. The Balaban J connectivity index is 1.76. The van der Waals surface area contributed by atoms with Crippen LogP contribution in [0.25, 0.3) is 22.0 Å². The molecular weight excluding hydrogens is 346 g/mol. The summed E-state index contributed by atoms with van der Waals surface area (Å²) in [6.45, 7) is 6.63. The number of rotatable bonds is 3. The normalized spacial score (nSPS) is 11.5. The molecule has 0 spiro atoms. The van der Waals surface area contributed by atoms with Crippen LogP contribution in [-0.2, 0) is 5.41 Å². The fraction of sp³-hybridized carbons (Fsp3) is 0.167. The van der Waals surface area contributed by atoms with E-state index in [2.05, 4.69) is 66.6 Å². The molecule has 140 valence electrons. The molecule has 0 fully saturated rings. The zero-order valence-electron chi connectivity index (χ0n) is 16.3. The summed E-state index contributed by atoms with van der Waals surface area (Å²) in [4.78, 5) is 0. The predicted octanol–water partition coefficient (Wildman–Crippen LogP) is 6.04. The second-order valence-electron chi connectivity index (χ2n) is 7.94. The lowest BCUT2D eigenvalue weighted by atomic mass is 9.86. The molecule has 0 atom stereocenters. The lowest BCUT2D eigenvalue weighted by molar-refractivity contribution is 0.475. The first-order chi connectivity index (χ1) is 13.4. The molecule has 0 unspecified atom stereocenters. The van der Waals surface area contributed by atoms with Gasteiger partial charge in [-0.1, -0.05) is 69.3 Å². The molecule has 0 bridgehead atoms. The van der Waals surface area contributed by atoms with Crippen LogP contribution in [-0.4, -0.2) is 15.3 Å². The number of anilines is 2. The molecule has 4 nitrogen and oxygen atoms in total. The Morgan fingerprint density at radius 1 is 0.750 bits per heavy atom. The second-order valence-corrected chi connectivity index (χ2v) is 7.94. The zero-order chi connectivity index (χ0) is 19.7. The number of hydrogen-bond donors (Lipinski definition) is 2. The summed E-state index contributed by atoms with van der Waals surface area (Å²) in [5.74, 6) is 0.923. The standard InChI is InChI=1S/C24H23N3O/c1-24(2,3)17-10-8-16(9-11-17)22-20-6-4-5-7-21(20)23(27-26-22)25-18-12-14-19(28)15-13-18/h4-15,28H,1-3H3,(H,25,27). The minimum Gasteiger partial charge on any atom is -0.508 e. The summed E-state index contributed by atoms with van der Waals surface area (Å²) >= 11 is 0.